The van der Waals surface area contributed by atoms with Gasteiger partial charge in [0.2, 0.25) is 10.0 Å². The molecule has 13 heteroatoms. The number of carbonyl (C=O) groups excluding carboxylic acids is 2. The average Bonchev–Trinajstić information content (AvgIpc) is 3.04. The number of hydrogen-bond acceptors (Lipinski definition) is 8. The molecule has 1 aliphatic rings. The maximum Gasteiger partial charge on any atom is 0.323 e. The van der Waals surface area contributed by atoms with E-state index in [1.807, 2.05) is 49.9 Å². The van der Waals surface area contributed by atoms with Crippen LogP contribution < -0.4 is 24.8 Å². The number of benzene rings is 3. The summed E-state index contributed by atoms with van der Waals surface area (Å²) in [6.45, 7) is 10.2. The molecule has 49 heavy (non-hydrogen) atoms. The van der Waals surface area contributed by atoms with Crippen molar-refractivity contribution in [3.05, 3.63) is 78.1 Å². The van der Waals surface area contributed by atoms with Crippen LogP contribution in [-0.4, -0.2) is 81.2 Å². The molecule has 3 amide bonds. The molecule has 3 N–H and O–H groups in total. The molecule has 0 saturated carbocycles. The van der Waals surface area contributed by atoms with E-state index in [9.17, 15) is 18.0 Å². The SMILES string of the molecule is CCC1CN(C(=O)c2cc(Oc3ccc(NC(=O)Nc4cc(C(C)(C)C)cc(NS(C)(=O)=O)c4OC)c4ccccc34)ccn2)CCN1C. The predicted molar refractivity (Wildman–Crippen MR) is 194 cm³/mol. The number of rotatable bonds is 9. The van der Waals surface area contributed by atoms with Crippen LogP contribution in [0.2, 0.25) is 0 Å². The van der Waals surface area contributed by atoms with Gasteiger partial charge in [-0.1, -0.05) is 52.0 Å². The Hall–Kier alpha value is -4.88. The zero-order valence-electron chi connectivity index (χ0n) is 29.0. The monoisotopic (exact) mass is 688 g/mol. The van der Waals surface area contributed by atoms with Gasteiger partial charge in [-0.25, -0.2) is 13.2 Å². The fourth-order valence-electron chi connectivity index (χ4n) is 5.85. The van der Waals surface area contributed by atoms with Gasteiger partial charge in [-0.15, -0.1) is 0 Å². The lowest BCUT2D eigenvalue weighted by Gasteiger charge is -2.38. The summed E-state index contributed by atoms with van der Waals surface area (Å²) in [5, 5.41) is 7.20. The summed E-state index contributed by atoms with van der Waals surface area (Å²) in [5.41, 5.74) is 1.78. The molecular formula is C36H44N6O6S. The lowest BCUT2D eigenvalue weighted by atomic mass is 9.86. The first-order valence-corrected chi connectivity index (χ1v) is 18.0. The Morgan fingerprint density at radius 1 is 0.959 bits per heavy atom. The molecule has 0 spiro atoms. The second-order valence-electron chi connectivity index (χ2n) is 13.2. The molecule has 1 fully saturated rings. The maximum absolute atomic E-state index is 13.4. The van der Waals surface area contributed by atoms with Gasteiger partial charge in [0, 0.05) is 48.7 Å². The minimum absolute atomic E-state index is 0.128. The zero-order chi connectivity index (χ0) is 35.5. The molecule has 12 nitrogen and oxygen atoms in total. The van der Waals surface area contributed by atoms with Gasteiger partial charge in [-0.3, -0.25) is 19.4 Å². The number of nitrogens with one attached hydrogen (secondary N) is 3. The van der Waals surface area contributed by atoms with Crippen molar-refractivity contribution in [2.45, 2.75) is 45.6 Å². The predicted octanol–water partition coefficient (Wildman–Crippen LogP) is 6.51. The number of ether oxygens (including phenoxy) is 2. The number of carbonyl (C=O) groups is 2. The smallest absolute Gasteiger partial charge is 0.323 e. The van der Waals surface area contributed by atoms with Crippen LogP contribution in [0.25, 0.3) is 10.8 Å². The van der Waals surface area contributed by atoms with E-state index in [0.717, 1.165) is 35.6 Å². The first kappa shape index (κ1) is 35.4. The molecule has 1 aliphatic heterocycles. The number of sulfonamides is 1. The topological polar surface area (TPSA) is 142 Å². The third kappa shape index (κ3) is 8.41. The third-order valence-corrected chi connectivity index (χ3v) is 9.14. The Morgan fingerprint density at radius 3 is 2.33 bits per heavy atom. The Bertz CT molecular complexity index is 1980. The van der Waals surface area contributed by atoms with Crippen molar-refractivity contribution in [1.29, 1.82) is 0 Å². The lowest BCUT2D eigenvalue weighted by Crippen LogP contribution is -2.53. The maximum atomic E-state index is 13.4. The first-order valence-electron chi connectivity index (χ1n) is 16.1. The van der Waals surface area contributed by atoms with Crippen LogP contribution in [0.5, 0.6) is 17.2 Å². The Morgan fingerprint density at radius 2 is 1.65 bits per heavy atom. The van der Waals surface area contributed by atoms with Crippen LogP contribution in [0.3, 0.4) is 0 Å². The Balaban J connectivity index is 1.38. The van der Waals surface area contributed by atoms with E-state index in [1.165, 1.54) is 7.11 Å². The summed E-state index contributed by atoms with van der Waals surface area (Å²) >= 11 is 0. The number of amides is 3. The summed E-state index contributed by atoms with van der Waals surface area (Å²) < 4.78 is 38.6. The minimum atomic E-state index is -3.63. The molecule has 5 rings (SSSR count). The normalized spacial score (nSPS) is 15.5. The average molecular weight is 689 g/mol. The fraction of sp³-hybridized carbons (Fsp3) is 0.361. The van der Waals surface area contributed by atoms with E-state index in [4.69, 9.17) is 9.47 Å². The van der Waals surface area contributed by atoms with Gasteiger partial charge in [0.25, 0.3) is 5.91 Å². The molecule has 1 unspecified atom stereocenters. The fourth-order valence-corrected chi connectivity index (χ4v) is 6.40. The van der Waals surface area contributed by atoms with Crippen molar-refractivity contribution in [3.63, 3.8) is 0 Å². The van der Waals surface area contributed by atoms with Gasteiger partial charge < -0.3 is 25.0 Å². The van der Waals surface area contributed by atoms with Gasteiger partial charge in [0.15, 0.2) is 5.75 Å². The van der Waals surface area contributed by atoms with E-state index in [-0.39, 0.29) is 22.8 Å². The van der Waals surface area contributed by atoms with Crippen LogP contribution in [0.1, 0.15) is 50.2 Å². The van der Waals surface area contributed by atoms with Gasteiger partial charge in [-0.2, -0.15) is 0 Å². The van der Waals surface area contributed by atoms with Crippen molar-refractivity contribution < 1.29 is 27.5 Å². The molecule has 3 aromatic carbocycles. The number of fused-ring (bicyclic) bond motifs is 1. The van der Waals surface area contributed by atoms with Gasteiger partial charge in [0.1, 0.15) is 17.2 Å². The summed E-state index contributed by atoms with van der Waals surface area (Å²) in [5.74, 6) is 1.05. The van der Waals surface area contributed by atoms with Crippen molar-refractivity contribution >= 4 is 49.8 Å². The van der Waals surface area contributed by atoms with Crippen LogP contribution in [0.15, 0.2) is 66.9 Å². The van der Waals surface area contributed by atoms with Crippen LogP contribution in [-0.2, 0) is 15.4 Å². The van der Waals surface area contributed by atoms with Gasteiger partial charge >= 0.3 is 6.03 Å². The summed E-state index contributed by atoms with van der Waals surface area (Å²) in [6.07, 6.45) is 3.58. The minimum Gasteiger partial charge on any atom is -0.492 e. The number of piperazine rings is 1. The van der Waals surface area contributed by atoms with Gasteiger partial charge in [0.05, 0.1) is 30.4 Å². The van der Waals surface area contributed by atoms with Crippen molar-refractivity contribution in [1.82, 2.24) is 14.8 Å². The highest BCUT2D eigenvalue weighted by molar-refractivity contribution is 7.92. The quantitative estimate of drug-likeness (QED) is 0.181. The second kappa shape index (κ2) is 14.3. The molecule has 0 bridgehead atoms. The summed E-state index contributed by atoms with van der Waals surface area (Å²) in [7, 11) is -0.137. The largest absolute Gasteiger partial charge is 0.492 e. The molecule has 1 aromatic heterocycles. The number of anilines is 3. The van der Waals surface area contributed by atoms with Crippen molar-refractivity contribution in [3.8, 4) is 17.2 Å². The molecule has 0 aliphatic carbocycles. The molecule has 4 aromatic rings. The Labute approximate surface area is 287 Å². The number of likely N-dealkylation sites (N-methyl/N-ethyl adjacent to an activating group) is 1. The van der Waals surface area contributed by atoms with E-state index in [1.54, 1.807) is 42.6 Å². The second-order valence-corrected chi connectivity index (χ2v) is 15.0. The number of methoxy groups -OCH3 is 1. The third-order valence-electron chi connectivity index (χ3n) is 8.55. The first-order chi connectivity index (χ1) is 23.2. The molecular weight excluding hydrogens is 644 g/mol. The van der Waals surface area contributed by atoms with E-state index < -0.39 is 16.1 Å². The molecule has 1 atom stereocenters. The highest BCUT2D eigenvalue weighted by Gasteiger charge is 2.28. The highest BCUT2D eigenvalue weighted by Crippen LogP contribution is 2.40. The number of pyridine rings is 1. The molecule has 2 heterocycles. The van der Waals surface area contributed by atoms with E-state index in [0.29, 0.717) is 47.7 Å². The zero-order valence-corrected chi connectivity index (χ0v) is 29.8. The lowest BCUT2D eigenvalue weighted by molar-refractivity contribution is 0.0536. The van der Waals surface area contributed by atoms with Crippen molar-refractivity contribution in [2.75, 3.05) is 55.4 Å². The number of nitrogens with zero attached hydrogens (tertiary/aromatic N) is 3. The Kier molecular flexibility index (Phi) is 10.3. The number of aromatic nitrogens is 1. The standard InChI is InChI=1S/C36H44N6O6S/c1-8-24-22-42(18-17-41(24)5)34(43)31-21-25(15-16-37-31)48-32-14-13-28(26-11-9-10-12-27(26)32)38-35(44)39-29-19-23(36(2,3)4)20-30(33(29)47-6)40-49(7,45)46/h9-16,19-21,24,40H,8,17-18,22H2,1-7H3,(H2,38,39,44). The van der Waals surface area contributed by atoms with Crippen molar-refractivity contribution in [2.24, 2.45) is 0 Å². The van der Waals surface area contributed by atoms with Crippen LogP contribution >= 0.6 is 0 Å². The summed E-state index contributed by atoms with van der Waals surface area (Å²) in [6, 6.07) is 17.5. The number of hydrogen-bond donors (Lipinski definition) is 3. The molecule has 0 radical (unpaired) electrons. The molecule has 1 saturated heterocycles. The van der Waals surface area contributed by atoms with E-state index in [2.05, 4.69) is 39.2 Å². The molecule has 260 valence electrons. The van der Waals surface area contributed by atoms with Crippen LogP contribution in [0.4, 0.5) is 21.9 Å². The summed E-state index contributed by atoms with van der Waals surface area (Å²) in [4.78, 5) is 35.2. The van der Waals surface area contributed by atoms with Crippen LogP contribution in [0, 0.1) is 0 Å². The van der Waals surface area contributed by atoms with Gasteiger partial charge in [-0.05, 0) is 54.8 Å². The highest BCUT2D eigenvalue weighted by atomic mass is 32.2. The van der Waals surface area contributed by atoms with E-state index >= 15 is 0 Å². The number of urea groups is 1.